The number of nitrogens with zero attached hydrogens (tertiary/aromatic N) is 4. The monoisotopic (exact) mass is 488 g/mol. The Morgan fingerprint density at radius 2 is 2.03 bits per heavy atom. The van der Waals surface area contributed by atoms with E-state index >= 15 is 0 Å². The van der Waals surface area contributed by atoms with Crippen molar-refractivity contribution in [3.05, 3.63) is 71.7 Å². The van der Waals surface area contributed by atoms with Crippen molar-refractivity contribution in [3.8, 4) is 6.07 Å². The molecule has 10 heteroatoms. The maximum atomic E-state index is 13.4. The Morgan fingerprint density at radius 3 is 2.83 bits per heavy atom. The maximum Gasteiger partial charge on any atom is 0.268 e. The number of rotatable bonds is 5. The number of carbonyl (C=O) groups is 1. The van der Waals surface area contributed by atoms with Crippen molar-refractivity contribution in [1.29, 1.82) is 5.26 Å². The number of fused-ring (bicyclic) bond motifs is 1. The molecule has 0 bridgehead atoms. The minimum Gasteiger partial charge on any atom is -0.368 e. The summed E-state index contributed by atoms with van der Waals surface area (Å²) in [6.07, 6.45) is 2.30. The van der Waals surface area contributed by atoms with Crippen LogP contribution in [-0.2, 0) is 16.9 Å². The molecule has 35 heavy (non-hydrogen) atoms. The van der Waals surface area contributed by atoms with E-state index in [1.807, 2.05) is 18.2 Å². The summed E-state index contributed by atoms with van der Waals surface area (Å²) in [4.78, 5) is 15.5. The third-order valence-corrected chi connectivity index (χ3v) is 8.49. The number of aromatic nitrogens is 3. The zero-order chi connectivity index (χ0) is 24.7. The summed E-state index contributed by atoms with van der Waals surface area (Å²) < 4.78 is 28.4. The highest BCUT2D eigenvalue weighted by Crippen LogP contribution is 2.29. The Kier molecular flexibility index (Phi) is 5.57. The van der Waals surface area contributed by atoms with E-state index in [0.717, 1.165) is 17.6 Å². The summed E-state index contributed by atoms with van der Waals surface area (Å²) in [6.45, 7) is 2.98. The van der Waals surface area contributed by atoms with Gasteiger partial charge in [-0.05, 0) is 49.7 Å². The van der Waals surface area contributed by atoms with Crippen LogP contribution in [0.3, 0.4) is 0 Å². The molecular formula is C25H24N6O3S. The summed E-state index contributed by atoms with van der Waals surface area (Å²) in [5.74, 6) is -0.331. The average Bonchev–Trinajstić information content (AvgIpc) is 3.58. The lowest BCUT2D eigenvalue weighted by molar-refractivity contribution is 0.0932. The van der Waals surface area contributed by atoms with Gasteiger partial charge in [0.05, 0.1) is 32.8 Å². The molecule has 3 heterocycles. The molecular weight excluding hydrogens is 464 g/mol. The second kappa shape index (κ2) is 8.60. The largest absolute Gasteiger partial charge is 0.368 e. The van der Waals surface area contributed by atoms with Gasteiger partial charge in [-0.1, -0.05) is 12.1 Å². The van der Waals surface area contributed by atoms with Crippen molar-refractivity contribution in [2.75, 3.05) is 18.0 Å². The first-order valence-electron chi connectivity index (χ1n) is 11.2. The molecule has 0 unspecified atom stereocenters. The first-order valence-corrected chi connectivity index (χ1v) is 12.7. The van der Waals surface area contributed by atoms with Gasteiger partial charge in [-0.3, -0.25) is 9.89 Å². The Balaban J connectivity index is 1.37. The van der Waals surface area contributed by atoms with E-state index in [1.165, 1.54) is 12.1 Å². The van der Waals surface area contributed by atoms with Gasteiger partial charge in [0, 0.05) is 37.3 Å². The van der Waals surface area contributed by atoms with Gasteiger partial charge in [-0.15, -0.1) is 0 Å². The van der Waals surface area contributed by atoms with Crippen LogP contribution in [0.4, 0.5) is 5.69 Å². The number of benzene rings is 2. The molecule has 0 spiro atoms. The Hall–Kier alpha value is -4.10. The van der Waals surface area contributed by atoms with Crippen molar-refractivity contribution in [1.82, 2.24) is 20.1 Å². The van der Waals surface area contributed by atoms with Crippen LogP contribution in [-0.4, -0.2) is 48.2 Å². The van der Waals surface area contributed by atoms with Gasteiger partial charge < -0.3 is 14.8 Å². The van der Waals surface area contributed by atoms with Crippen molar-refractivity contribution < 1.29 is 13.2 Å². The first-order chi connectivity index (χ1) is 16.8. The Morgan fingerprint density at radius 1 is 1.23 bits per heavy atom. The summed E-state index contributed by atoms with van der Waals surface area (Å²) in [7, 11) is -2.15. The highest BCUT2D eigenvalue weighted by atomic mass is 32.2. The van der Waals surface area contributed by atoms with Crippen molar-refractivity contribution >= 4 is 32.3 Å². The molecule has 0 saturated carbocycles. The SMILES string of the molecule is Cc1c(S(=O)(=O)c2ccc3[nH]ncc3c2)cc(C(=O)N[C@@H]2CCN(c3ccccc3C#N)C2)n1C. The fraction of sp³-hybridized carbons (Fsp3) is 0.240. The molecule has 1 atom stereocenters. The van der Waals surface area contributed by atoms with Crippen LogP contribution in [0.1, 0.15) is 28.2 Å². The molecule has 178 valence electrons. The number of nitrogens with one attached hydrogen (secondary N) is 2. The molecule has 1 saturated heterocycles. The highest BCUT2D eigenvalue weighted by Gasteiger charge is 2.29. The molecule has 1 aliphatic rings. The van der Waals surface area contributed by atoms with Crippen LogP contribution in [0.25, 0.3) is 10.9 Å². The van der Waals surface area contributed by atoms with E-state index in [4.69, 9.17) is 0 Å². The number of H-pyrrole nitrogens is 1. The van der Waals surface area contributed by atoms with Crippen LogP contribution in [0.15, 0.2) is 64.5 Å². The number of anilines is 1. The molecule has 5 rings (SSSR count). The molecule has 1 amide bonds. The first kappa shape index (κ1) is 22.7. The van der Waals surface area contributed by atoms with E-state index < -0.39 is 9.84 Å². The molecule has 4 aromatic rings. The van der Waals surface area contributed by atoms with Gasteiger partial charge in [-0.2, -0.15) is 10.4 Å². The third-order valence-electron chi connectivity index (χ3n) is 6.62. The van der Waals surface area contributed by atoms with E-state index in [0.29, 0.717) is 29.7 Å². The fourth-order valence-electron chi connectivity index (χ4n) is 4.58. The number of aromatic amines is 1. The standard InChI is InChI=1S/C25H24N6O3S/c1-16-24(35(33,34)20-7-8-21-18(11-20)14-27-29-21)12-23(30(16)2)25(32)28-19-9-10-31(15-19)22-6-4-3-5-17(22)13-26/h3-8,11-12,14,19H,9-10,15H2,1-2H3,(H,27,29)(H,28,32)/t19-/m1/s1. The molecule has 1 aliphatic heterocycles. The predicted molar refractivity (Wildman–Crippen MR) is 131 cm³/mol. The van der Waals surface area contributed by atoms with Gasteiger partial charge in [0.2, 0.25) is 9.84 Å². The lowest BCUT2D eigenvalue weighted by Crippen LogP contribution is -2.38. The predicted octanol–water partition coefficient (Wildman–Crippen LogP) is 2.92. The summed E-state index contributed by atoms with van der Waals surface area (Å²) in [5, 5.41) is 19.9. The van der Waals surface area contributed by atoms with Crippen molar-refractivity contribution in [3.63, 3.8) is 0 Å². The number of hydrogen-bond acceptors (Lipinski definition) is 6. The minimum atomic E-state index is -3.84. The number of carbonyl (C=O) groups excluding carboxylic acids is 1. The molecule has 2 N–H and O–H groups in total. The van der Waals surface area contributed by atoms with E-state index in [2.05, 4.69) is 26.5 Å². The lowest BCUT2D eigenvalue weighted by atomic mass is 10.2. The van der Waals surface area contributed by atoms with Gasteiger partial charge in [0.15, 0.2) is 0 Å². The number of sulfone groups is 1. The van der Waals surface area contributed by atoms with Gasteiger partial charge in [0.1, 0.15) is 11.8 Å². The van der Waals surface area contributed by atoms with Crippen LogP contribution in [0, 0.1) is 18.3 Å². The second-order valence-corrected chi connectivity index (χ2v) is 10.6. The third kappa shape index (κ3) is 3.94. The molecule has 1 fully saturated rings. The van der Waals surface area contributed by atoms with Gasteiger partial charge in [0.25, 0.3) is 5.91 Å². The molecule has 9 nitrogen and oxygen atoms in total. The van der Waals surface area contributed by atoms with Crippen LogP contribution < -0.4 is 10.2 Å². The Bertz CT molecular complexity index is 1590. The lowest BCUT2D eigenvalue weighted by Gasteiger charge is -2.20. The van der Waals surface area contributed by atoms with Crippen LogP contribution in [0.2, 0.25) is 0 Å². The average molecular weight is 489 g/mol. The second-order valence-electron chi connectivity index (χ2n) is 8.69. The fourth-order valence-corrected chi connectivity index (χ4v) is 6.15. The van der Waals surface area contributed by atoms with E-state index in [1.54, 1.807) is 42.9 Å². The van der Waals surface area contributed by atoms with Crippen LogP contribution >= 0.6 is 0 Å². The number of amides is 1. The molecule has 0 aliphatic carbocycles. The maximum absolute atomic E-state index is 13.4. The molecule has 0 radical (unpaired) electrons. The molecule has 2 aromatic carbocycles. The smallest absolute Gasteiger partial charge is 0.268 e. The topological polar surface area (TPSA) is 124 Å². The zero-order valence-corrected chi connectivity index (χ0v) is 20.1. The zero-order valence-electron chi connectivity index (χ0n) is 19.3. The van der Waals surface area contributed by atoms with E-state index in [-0.39, 0.29) is 27.4 Å². The summed E-state index contributed by atoms with van der Waals surface area (Å²) in [6, 6.07) is 15.7. The van der Waals surface area contributed by atoms with Gasteiger partial charge in [-0.25, -0.2) is 8.42 Å². The van der Waals surface area contributed by atoms with Gasteiger partial charge >= 0.3 is 0 Å². The highest BCUT2D eigenvalue weighted by molar-refractivity contribution is 7.91. The summed E-state index contributed by atoms with van der Waals surface area (Å²) >= 11 is 0. The minimum absolute atomic E-state index is 0.101. The number of nitriles is 1. The van der Waals surface area contributed by atoms with E-state index in [9.17, 15) is 18.5 Å². The van der Waals surface area contributed by atoms with Crippen molar-refractivity contribution in [2.45, 2.75) is 29.2 Å². The van der Waals surface area contributed by atoms with Crippen LogP contribution in [0.5, 0.6) is 0 Å². The quantitative estimate of drug-likeness (QED) is 0.445. The Labute approximate surface area is 202 Å². The number of hydrogen-bond donors (Lipinski definition) is 2. The summed E-state index contributed by atoms with van der Waals surface area (Å²) in [5.41, 5.74) is 2.96. The molecule has 2 aromatic heterocycles. The normalized spacial score (nSPS) is 15.9. The number of para-hydroxylation sites is 1. The van der Waals surface area contributed by atoms with Crippen molar-refractivity contribution in [2.24, 2.45) is 7.05 Å².